The molecule has 2 aromatic carbocycles. The van der Waals surface area contributed by atoms with E-state index in [-0.39, 0.29) is 17.2 Å². The molecule has 192 valence electrons. The van der Waals surface area contributed by atoms with Crippen LogP contribution in [0.25, 0.3) is 5.57 Å². The third-order valence-corrected chi connectivity index (χ3v) is 5.75. The van der Waals surface area contributed by atoms with Crippen LogP contribution in [-0.2, 0) is 9.59 Å². The van der Waals surface area contributed by atoms with E-state index >= 15 is 0 Å². The summed E-state index contributed by atoms with van der Waals surface area (Å²) in [6.45, 7) is 4.47. The summed E-state index contributed by atoms with van der Waals surface area (Å²) in [5.74, 6) is -1.81. The van der Waals surface area contributed by atoms with E-state index < -0.39 is 23.8 Å². The molecule has 2 N–H and O–H groups in total. The molecule has 1 aromatic heterocycles. The average Bonchev–Trinajstić information content (AvgIpc) is 2.86. The molecule has 0 bridgehead atoms. The summed E-state index contributed by atoms with van der Waals surface area (Å²) >= 11 is 12.1. The number of carbonyl (C=O) groups excluding carboxylic acids is 3. The number of rotatable bonds is 8. The maximum atomic E-state index is 13.0. The first-order valence-corrected chi connectivity index (χ1v) is 11.9. The van der Waals surface area contributed by atoms with Crippen LogP contribution in [0.1, 0.15) is 42.4 Å². The van der Waals surface area contributed by atoms with Gasteiger partial charge in [0.1, 0.15) is 6.04 Å². The molecule has 0 aliphatic heterocycles. The highest BCUT2D eigenvalue weighted by Crippen LogP contribution is 2.30. The SMILES string of the molecule is COc1ccnc(C(=O)N[C@@H](C)C(=O)NC(C)=C(c2ccc(Cl)cc2)c2ccc(Cl)cc2)c1OC(C)=O. The molecule has 3 rings (SSSR count). The number of hydrogen-bond acceptors (Lipinski definition) is 6. The minimum absolute atomic E-state index is 0.133. The molecule has 10 heteroatoms. The number of nitrogens with zero attached hydrogens (tertiary/aromatic N) is 1. The molecule has 0 saturated carbocycles. The Labute approximate surface area is 224 Å². The first kappa shape index (κ1) is 27.7. The van der Waals surface area contributed by atoms with E-state index in [0.717, 1.165) is 16.7 Å². The summed E-state index contributed by atoms with van der Waals surface area (Å²) in [4.78, 5) is 41.5. The van der Waals surface area contributed by atoms with Gasteiger partial charge in [0, 0.05) is 40.5 Å². The van der Waals surface area contributed by atoms with Crippen LogP contribution in [0.3, 0.4) is 0 Å². The maximum absolute atomic E-state index is 13.0. The molecule has 0 fully saturated rings. The van der Waals surface area contributed by atoms with Crippen molar-refractivity contribution in [1.82, 2.24) is 15.6 Å². The largest absolute Gasteiger partial charge is 0.493 e. The predicted octanol–water partition coefficient (Wildman–Crippen LogP) is 5.04. The van der Waals surface area contributed by atoms with E-state index in [4.69, 9.17) is 32.7 Å². The fourth-order valence-corrected chi connectivity index (χ4v) is 3.77. The molecule has 0 radical (unpaired) electrons. The topological polar surface area (TPSA) is 107 Å². The number of amides is 2. The van der Waals surface area contributed by atoms with Gasteiger partial charge in [-0.25, -0.2) is 4.98 Å². The number of pyridine rings is 1. The van der Waals surface area contributed by atoms with Crippen LogP contribution in [-0.4, -0.2) is 35.9 Å². The van der Waals surface area contributed by atoms with Gasteiger partial charge in [0.25, 0.3) is 5.91 Å². The van der Waals surface area contributed by atoms with Gasteiger partial charge < -0.3 is 20.1 Å². The average molecular weight is 542 g/mol. The molecule has 1 heterocycles. The molecular formula is C27H25Cl2N3O5. The van der Waals surface area contributed by atoms with Gasteiger partial charge in [-0.2, -0.15) is 0 Å². The van der Waals surface area contributed by atoms with Crippen molar-refractivity contribution in [3.05, 3.63) is 93.4 Å². The van der Waals surface area contributed by atoms with Gasteiger partial charge in [0.2, 0.25) is 11.7 Å². The molecule has 3 aromatic rings. The molecule has 8 nitrogen and oxygen atoms in total. The Balaban J connectivity index is 1.86. The third-order valence-electron chi connectivity index (χ3n) is 5.24. The van der Waals surface area contributed by atoms with Crippen molar-refractivity contribution in [2.45, 2.75) is 26.8 Å². The summed E-state index contributed by atoms with van der Waals surface area (Å²) in [6.07, 6.45) is 1.34. The zero-order chi connectivity index (χ0) is 27.1. The number of halogens is 2. The van der Waals surface area contributed by atoms with Crippen molar-refractivity contribution in [1.29, 1.82) is 0 Å². The second-order valence-electron chi connectivity index (χ2n) is 7.98. The van der Waals surface area contributed by atoms with Gasteiger partial charge in [-0.3, -0.25) is 14.4 Å². The second kappa shape index (κ2) is 12.4. The number of allylic oxidation sites excluding steroid dienone is 1. The lowest BCUT2D eigenvalue weighted by molar-refractivity contribution is -0.132. The third kappa shape index (κ3) is 7.09. The Kier molecular flexibility index (Phi) is 9.27. The minimum Gasteiger partial charge on any atom is -0.493 e. The standard InChI is InChI=1S/C27H25Cl2N3O5/c1-15(23(18-5-9-20(28)10-6-18)19-7-11-21(29)12-8-19)31-26(34)16(2)32-27(35)24-25(37-17(3)33)22(36-4)13-14-30-24/h5-14,16H,1-4H3,(H,31,34)(H,32,35)/t16-/m0/s1. The van der Waals surface area contributed by atoms with Gasteiger partial charge in [-0.05, 0) is 49.2 Å². The Morgan fingerprint density at radius 2 is 1.43 bits per heavy atom. The summed E-state index contributed by atoms with van der Waals surface area (Å²) < 4.78 is 10.3. The molecule has 0 spiro atoms. The molecule has 0 aliphatic rings. The number of ether oxygens (including phenoxy) is 2. The summed E-state index contributed by atoms with van der Waals surface area (Å²) in [5.41, 5.74) is 2.77. The predicted molar refractivity (Wildman–Crippen MR) is 142 cm³/mol. The van der Waals surface area contributed by atoms with Crippen LogP contribution in [0, 0.1) is 0 Å². The monoisotopic (exact) mass is 541 g/mol. The van der Waals surface area contributed by atoms with E-state index in [1.165, 1.54) is 33.2 Å². The van der Waals surface area contributed by atoms with Crippen molar-refractivity contribution < 1.29 is 23.9 Å². The van der Waals surface area contributed by atoms with Crippen molar-refractivity contribution in [3.8, 4) is 11.5 Å². The summed E-state index contributed by atoms with van der Waals surface area (Å²) in [6, 6.07) is 14.9. The zero-order valence-corrected chi connectivity index (χ0v) is 22.1. The lowest BCUT2D eigenvalue weighted by atomic mass is 9.96. The van der Waals surface area contributed by atoms with E-state index in [9.17, 15) is 14.4 Å². The van der Waals surface area contributed by atoms with Crippen LogP contribution < -0.4 is 20.1 Å². The second-order valence-corrected chi connectivity index (χ2v) is 8.86. The first-order valence-electron chi connectivity index (χ1n) is 11.2. The fraction of sp³-hybridized carbons (Fsp3) is 0.185. The number of methoxy groups -OCH3 is 1. The maximum Gasteiger partial charge on any atom is 0.308 e. The van der Waals surface area contributed by atoms with E-state index in [1.54, 1.807) is 31.2 Å². The Morgan fingerprint density at radius 1 is 0.892 bits per heavy atom. The van der Waals surface area contributed by atoms with Gasteiger partial charge in [-0.1, -0.05) is 47.5 Å². The number of hydrogen-bond donors (Lipinski definition) is 2. The molecule has 0 saturated heterocycles. The highest BCUT2D eigenvalue weighted by Gasteiger charge is 2.24. The van der Waals surface area contributed by atoms with Crippen molar-refractivity contribution in [2.24, 2.45) is 0 Å². The fourth-order valence-electron chi connectivity index (χ4n) is 3.51. The summed E-state index contributed by atoms with van der Waals surface area (Å²) in [5, 5.41) is 6.60. The van der Waals surface area contributed by atoms with Crippen molar-refractivity contribution in [3.63, 3.8) is 0 Å². The first-order chi connectivity index (χ1) is 17.6. The Morgan fingerprint density at radius 3 is 1.92 bits per heavy atom. The van der Waals surface area contributed by atoms with Gasteiger partial charge >= 0.3 is 5.97 Å². The van der Waals surface area contributed by atoms with Crippen LogP contribution in [0.15, 0.2) is 66.5 Å². The number of aromatic nitrogens is 1. The Hall–Kier alpha value is -3.88. The van der Waals surface area contributed by atoms with Gasteiger partial charge in [0.05, 0.1) is 7.11 Å². The number of nitrogens with one attached hydrogen (secondary N) is 2. The number of benzene rings is 2. The highest BCUT2D eigenvalue weighted by molar-refractivity contribution is 6.31. The van der Waals surface area contributed by atoms with Crippen molar-refractivity contribution >= 4 is 46.6 Å². The molecule has 0 aliphatic carbocycles. The van der Waals surface area contributed by atoms with Crippen LogP contribution in [0.5, 0.6) is 11.5 Å². The molecule has 1 atom stereocenters. The highest BCUT2D eigenvalue weighted by atomic mass is 35.5. The molecular weight excluding hydrogens is 517 g/mol. The zero-order valence-electron chi connectivity index (χ0n) is 20.6. The van der Waals surface area contributed by atoms with Gasteiger partial charge in [0.15, 0.2) is 11.4 Å². The molecule has 0 unspecified atom stereocenters. The Bertz CT molecular complexity index is 1290. The lowest BCUT2D eigenvalue weighted by Gasteiger charge is -2.18. The molecule has 2 amide bonds. The number of carbonyl (C=O) groups is 3. The van der Waals surface area contributed by atoms with Crippen LogP contribution in [0.2, 0.25) is 10.0 Å². The van der Waals surface area contributed by atoms with E-state index in [1.807, 2.05) is 24.3 Å². The van der Waals surface area contributed by atoms with Gasteiger partial charge in [-0.15, -0.1) is 0 Å². The summed E-state index contributed by atoms with van der Waals surface area (Å²) in [7, 11) is 1.37. The normalized spacial score (nSPS) is 11.2. The lowest BCUT2D eigenvalue weighted by Crippen LogP contribution is -2.44. The van der Waals surface area contributed by atoms with E-state index in [2.05, 4.69) is 15.6 Å². The van der Waals surface area contributed by atoms with E-state index in [0.29, 0.717) is 15.7 Å². The van der Waals surface area contributed by atoms with Crippen molar-refractivity contribution in [2.75, 3.05) is 7.11 Å². The number of esters is 1. The minimum atomic E-state index is -0.961. The van der Waals surface area contributed by atoms with Crippen LogP contribution >= 0.6 is 23.2 Å². The van der Waals surface area contributed by atoms with Crippen LogP contribution in [0.4, 0.5) is 0 Å². The smallest absolute Gasteiger partial charge is 0.308 e. The molecule has 37 heavy (non-hydrogen) atoms. The quantitative estimate of drug-likeness (QED) is 0.387.